The van der Waals surface area contributed by atoms with E-state index in [2.05, 4.69) is 25.9 Å². The number of benzene rings is 2. The molecular formula is C14H11BrN2O2S. The quantitative estimate of drug-likeness (QED) is 0.788. The molecule has 0 bridgehead atoms. The van der Waals surface area contributed by atoms with Gasteiger partial charge in [-0.2, -0.15) is 0 Å². The summed E-state index contributed by atoms with van der Waals surface area (Å²) in [5, 5.41) is 0.0154. The van der Waals surface area contributed by atoms with Crippen LogP contribution in [0, 0.1) is 0 Å². The van der Waals surface area contributed by atoms with E-state index in [9.17, 15) is 8.42 Å². The van der Waals surface area contributed by atoms with Crippen LogP contribution in [0.15, 0.2) is 58.2 Å². The summed E-state index contributed by atoms with van der Waals surface area (Å²) in [6, 6.07) is 14.5. The highest BCUT2D eigenvalue weighted by atomic mass is 79.9. The molecule has 0 aliphatic rings. The molecule has 2 aromatic carbocycles. The number of nitrogens with zero attached hydrogens (tertiary/aromatic N) is 1. The molecule has 0 aliphatic heterocycles. The van der Waals surface area contributed by atoms with Gasteiger partial charge in [0.2, 0.25) is 15.0 Å². The number of hydrogen-bond donors (Lipinski definition) is 1. The van der Waals surface area contributed by atoms with Crippen molar-refractivity contribution in [3.05, 3.63) is 58.6 Å². The van der Waals surface area contributed by atoms with Crippen molar-refractivity contribution < 1.29 is 8.42 Å². The summed E-state index contributed by atoms with van der Waals surface area (Å²) in [4.78, 5) is 7.00. The molecule has 1 N–H and O–H groups in total. The number of H-pyrrole nitrogens is 1. The van der Waals surface area contributed by atoms with E-state index >= 15 is 0 Å². The topological polar surface area (TPSA) is 62.8 Å². The molecule has 1 heterocycles. The lowest BCUT2D eigenvalue weighted by atomic mass is 10.2. The van der Waals surface area contributed by atoms with Crippen LogP contribution in [-0.2, 0) is 15.6 Å². The Labute approximate surface area is 124 Å². The van der Waals surface area contributed by atoms with Crippen LogP contribution in [0.5, 0.6) is 0 Å². The number of aromatic amines is 1. The summed E-state index contributed by atoms with van der Waals surface area (Å²) in [5.74, 6) is -0.0693. The second-order valence-corrected chi connectivity index (χ2v) is 7.27. The van der Waals surface area contributed by atoms with Crippen LogP contribution in [0.3, 0.4) is 0 Å². The zero-order chi connectivity index (χ0) is 14.2. The number of rotatable bonds is 3. The first-order valence-electron chi connectivity index (χ1n) is 5.96. The molecule has 6 heteroatoms. The maximum absolute atomic E-state index is 12.4. The van der Waals surface area contributed by atoms with Crippen molar-refractivity contribution in [2.45, 2.75) is 10.9 Å². The third kappa shape index (κ3) is 2.62. The fourth-order valence-electron chi connectivity index (χ4n) is 1.95. The number of aromatic nitrogens is 2. The molecule has 4 nitrogen and oxygen atoms in total. The Morgan fingerprint density at radius 1 is 1.05 bits per heavy atom. The number of nitrogens with one attached hydrogen (secondary N) is 1. The van der Waals surface area contributed by atoms with Gasteiger partial charge in [0.1, 0.15) is 0 Å². The Morgan fingerprint density at radius 3 is 2.45 bits per heavy atom. The number of imidazole rings is 1. The summed E-state index contributed by atoms with van der Waals surface area (Å²) >= 11 is 3.33. The van der Waals surface area contributed by atoms with E-state index in [4.69, 9.17) is 0 Å². The van der Waals surface area contributed by atoms with Gasteiger partial charge in [0.25, 0.3) is 0 Å². The molecule has 0 spiro atoms. The molecule has 20 heavy (non-hydrogen) atoms. The fourth-order valence-corrected chi connectivity index (χ4v) is 3.48. The summed E-state index contributed by atoms with van der Waals surface area (Å²) < 4.78 is 25.6. The minimum absolute atomic E-state index is 0.0154. The second kappa shape index (κ2) is 5.03. The molecule has 0 atom stereocenters. The van der Waals surface area contributed by atoms with Crippen LogP contribution in [0.2, 0.25) is 0 Å². The lowest BCUT2D eigenvalue weighted by Gasteiger charge is -2.01. The van der Waals surface area contributed by atoms with Crippen molar-refractivity contribution >= 4 is 36.8 Å². The SMILES string of the molecule is O=S(=O)(Cc1ccc(Br)cc1)c1nc2ccccc2[nH]1. The fraction of sp³-hybridized carbons (Fsp3) is 0.0714. The molecule has 3 rings (SSSR count). The van der Waals surface area contributed by atoms with Gasteiger partial charge in [-0.15, -0.1) is 0 Å². The van der Waals surface area contributed by atoms with Gasteiger partial charge in [-0.1, -0.05) is 40.2 Å². The molecule has 0 radical (unpaired) electrons. The number of halogens is 1. The van der Waals surface area contributed by atoms with Crippen molar-refractivity contribution in [2.24, 2.45) is 0 Å². The van der Waals surface area contributed by atoms with Gasteiger partial charge in [0.05, 0.1) is 16.8 Å². The molecule has 0 saturated heterocycles. The van der Waals surface area contributed by atoms with Crippen LogP contribution in [0.1, 0.15) is 5.56 Å². The molecule has 3 aromatic rings. The van der Waals surface area contributed by atoms with Gasteiger partial charge in [0.15, 0.2) is 0 Å². The van der Waals surface area contributed by atoms with Gasteiger partial charge < -0.3 is 4.98 Å². The minimum Gasteiger partial charge on any atom is -0.329 e. The maximum Gasteiger partial charge on any atom is 0.226 e. The summed E-state index contributed by atoms with van der Waals surface area (Å²) in [7, 11) is -3.47. The zero-order valence-corrected chi connectivity index (χ0v) is 12.8. The monoisotopic (exact) mass is 350 g/mol. The first kappa shape index (κ1) is 13.3. The van der Waals surface area contributed by atoms with E-state index in [0.29, 0.717) is 5.52 Å². The first-order chi connectivity index (χ1) is 9.54. The van der Waals surface area contributed by atoms with Crippen molar-refractivity contribution in [3.63, 3.8) is 0 Å². The molecule has 0 amide bonds. The maximum atomic E-state index is 12.4. The van der Waals surface area contributed by atoms with E-state index in [-0.39, 0.29) is 10.9 Å². The van der Waals surface area contributed by atoms with Crippen LogP contribution in [-0.4, -0.2) is 18.4 Å². The molecule has 102 valence electrons. The van der Waals surface area contributed by atoms with E-state index in [1.54, 1.807) is 24.3 Å². The highest BCUT2D eigenvalue weighted by Gasteiger charge is 2.19. The number of sulfone groups is 1. The highest BCUT2D eigenvalue weighted by molar-refractivity contribution is 9.10. The summed E-state index contributed by atoms with van der Waals surface area (Å²) in [5.41, 5.74) is 2.11. The second-order valence-electron chi connectivity index (χ2n) is 4.44. The number of para-hydroxylation sites is 2. The van der Waals surface area contributed by atoms with Crippen LogP contribution < -0.4 is 0 Å². The summed E-state index contributed by atoms with van der Waals surface area (Å²) in [6.45, 7) is 0. The van der Waals surface area contributed by atoms with Crippen molar-refractivity contribution in [3.8, 4) is 0 Å². The van der Waals surface area contributed by atoms with E-state index < -0.39 is 9.84 Å². The predicted octanol–water partition coefficient (Wildman–Crippen LogP) is 3.30. The largest absolute Gasteiger partial charge is 0.329 e. The first-order valence-corrected chi connectivity index (χ1v) is 8.41. The third-order valence-corrected chi connectivity index (χ3v) is 4.96. The summed E-state index contributed by atoms with van der Waals surface area (Å²) in [6.07, 6.45) is 0. The lowest BCUT2D eigenvalue weighted by Crippen LogP contribution is -2.06. The van der Waals surface area contributed by atoms with Gasteiger partial charge in [-0.05, 0) is 29.8 Å². The predicted molar refractivity (Wildman–Crippen MR) is 81.1 cm³/mol. The molecule has 0 fully saturated rings. The van der Waals surface area contributed by atoms with Crippen molar-refractivity contribution in [1.29, 1.82) is 0 Å². The van der Waals surface area contributed by atoms with Crippen LogP contribution in [0.4, 0.5) is 0 Å². The van der Waals surface area contributed by atoms with Crippen molar-refractivity contribution in [2.75, 3.05) is 0 Å². The Balaban J connectivity index is 1.96. The van der Waals surface area contributed by atoms with E-state index in [0.717, 1.165) is 15.6 Å². The van der Waals surface area contributed by atoms with Crippen molar-refractivity contribution in [1.82, 2.24) is 9.97 Å². The molecule has 0 unspecified atom stereocenters. The average Bonchev–Trinajstić information content (AvgIpc) is 2.86. The normalized spacial score (nSPS) is 11.8. The molecule has 0 aliphatic carbocycles. The number of hydrogen-bond acceptors (Lipinski definition) is 3. The minimum atomic E-state index is -3.47. The molecule has 0 saturated carbocycles. The van der Waals surface area contributed by atoms with Crippen LogP contribution >= 0.6 is 15.9 Å². The number of fused-ring (bicyclic) bond motifs is 1. The molecular weight excluding hydrogens is 340 g/mol. The molecule has 1 aromatic heterocycles. The van der Waals surface area contributed by atoms with E-state index in [1.807, 2.05) is 24.3 Å². The van der Waals surface area contributed by atoms with Gasteiger partial charge in [-0.25, -0.2) is 13.4 Å². The zero-order valence-electron chi connectivity index (χ0n) is 10.4. The average molecular weight is 351 g/mol. The Bertz CT molecular complexity index is 821. The third-order valence-electron chi connectivity index (χ3n) is 2.93. The smallest absolute Gasteiger partial charge is 0.226 e. The Hall–Kier alpha value is -1.66. The highest BCUT2D eigenvalue weighted by Crippen LogP contribution is 2.19. The Kier molecular flexibility index (Phi) is 3.35. The van der Waals surface area contributed by atoms with Gasteiger partial charge in [-0.3, -0.25) is 0 Å². The Morgan fingerprint density at radius 2 is 1.75 bits per heavy atom. The van der Waals surface area contributed by atoms with Crippen LogP contribution in [0.25, 0.3) is 11.0 Å². The van der Waals surface area contributed by atoms with E-state index in [1.165, 1.54) is 0 Å². The van der Waals surface area contributed by atoms with Gasteiger partial charge in [0, 0.05) is 4.47 Å². The standard InChI is InChI=1S/C14H11BrN2O2S/c15-11-7-5-10(6-8-11)9-20(18,19)14-16-12-3-1-2-4-13(12)17-14/h1-8H,9H2,(H,16,17). The lowest BCUT2D eigenvalue weighted by molar-refractivity contribution is 0.588. The van der Waals surface area contributed by atoms with Gasteiger partial charge >= 0.3 is 0 Å².